The first-order valence-corrected chi connectivity index (χ1v) is 12.7. The van der Waals surface area contributed by atoms with E-state index in [9.17, 15) is 0 Å². The van der Waals surface area contributed by atoms with Gasteiger partial charge in [0.1, 0.15) is 11.2 Å². The highest BCUT2D eigenvalue weighted by Gasteiger charge is 2.16. The van der Waals surface area contributed by atoms with Gasteiger partial charge in [0.2, 0.25) is 0 Å². The van der Waals surface area contributed by atoms with Crippen LogP contribution in [0.15, 0.2) is 132 Å². The molecule has 0 fully saturated rings. The van der Waals surface area contributed by atoms with Crippen LogP contribution in [0.25, 0.3) is 71.8 Å². The Morgan fingerprint density at radius 1 is 0.579 bits per heavy atom. The van der Waals surface area contributed by atoms with Gasteiger partial charge in [0, 0.05) is 68.6 Å². The van der Waals surface area contributed by atoms with Gasteiger partial charge in [-0.1, -0.05) is 60.7 Å². The highest BCUT2D eigenvalue weighted by atomic mass is 16.3. The number of rotatable bonds is 3. The molecule has 4 aromatic carbocycles. The molecule has 178 valence electrons. The lowest BCUT2D eigenvalue weighted by atomic mass is 10.0. The van der Waals surface area contributed by atoms with Crippen molar-refractivity contribution in [2.75, 3.05) is 0 Å². The fraction of sp³-hybridized carbons (Fsp3) is 0. The molecule has 0 spiro atoms. The maximum atomic E-state index is 6.55. The van der Waals surface area contributed by atoms with Crippen LogP contribution in [0.1, 0.15) is 0 Å². The molecule has 0 saturated heterocycles. The Morgan fingerprint density at radius 3 is 2.08 bits per heavy atom. The van der Waals surface area contributed by atoms with Gasteiger partial charge in [-0.2, -0.15) is 0 Å². The third-order valence-corrected chi connectivity index (χ3v) is 7.36. The molecule has 4 heteroatoms. The minimum Gasteiger partial charge on any atom is -0.455 e. The molecular formula is C34H21N3O. The summed E-state index contributed by atoms with van der Waals surface area (Å²) in [6, 6.07) is 38.0. The van der Waals surface area contributed by atoms with Crippen molar-refractivity contribution in [1.29, 1.82) is 0 Å². The largest absolute Gasteiger partial charge is 0.455 e. The standard InChI is InChI=1S/C34H21N3O/c1-3-12-31-25(8-1)26-9-2-4-13-32(26)37(31)24-15-16-27-28-10-5-11-29(34(28)38-33(27)19-24)30-17-14-23(21-36-30)22-7-6-18-35-20-22/h1-21H. The predicted molar refractivity (Wildman–Crippen MR) is 155 cm³/mol. The van der Waals surface area contributed by atoms with E-state index >= 15 is 0 Å². The summed E-state index contributed by atoms with van der Waals surface area (Å²) >= 11 is 0. The third kappa shape index (κ3) is 3.10. The van der Waals surface area contributed by atoms with Gasteiger partial charge in [-0.15, -0.1) is 0 Å². The maximum Gasteiger partial charge on any atom is 0.144 e. The van der Waals surface area contributed by atoms with Gasteiger partial charge < -0.3 is 8.98 Å². The van der Waals surface area contributed by atoms with Crippen molar-refractivity contribution >= 4 is 43.7 Å². The smallest absolute Gasteiger partial charge is 0.144 e. The number of fused-ring (bicyclic) bond motifs is 6. The minimum atomic E-state index is 0.850. The SMILES string of the molecule is c1cncc(-c2ccc(-c3cccc4c3oc3cc(-n5c6ccccc6c6ccccc65)ccc34)nc2)c1. The lowest BCUT2D eigenvalue weighted by molar-refractivity contribution is 0.669. The van der Waals surface area contributed by atoms with Crippen LogP contribution in [0, 0.1) is 0 Å². The Hall–Kier alpha value is -5.22. The number of hydrogen-bond acceptors (Lipinski definition) is 3. The molecule has 0 atom stereocenters. The molecule has 0 amide bonds. The molecule has 0 bridgehead atoms. The lowest BCUT2D eigenvalue weighted by Crippen LogP contribution is -1.93. The number of aromatic nitrogens is 3. The molecule has 0 unspecified atom stereocenters. The van der Waals surface area contributed by atoms with Crippen LogP contribution in [-0.2, 0) is 0 Å². The second kappa shape index (κ2) is 8.15. The molecule has 4 heterocycles. The molecule has 0 aliphatic heterocycles. The van der Waals surface area contributed by atoms with Crippen molar-refractivity contribution < 1.29 is 4.42 Å². The first-order chi connectivity index (χ1) is 18.8. The van der Waals surface area contributed by atoms with Gasteiger partial charge in [0.25, 0.3) is 0 Å². The van der Waals surface area contributed by atoms with E-state index in [1.54, 1.807) is 6.20 Å². The van der Waals surface area contributed by atoms with Crippen LogP contribution in [0.4, 0.5) is 0 Å². The Labute approximate surface area is 218 Å². The van der Waals surface area contributed by atoms with Crippen molar-refractivity contribution in [3.05, 3.63) is 128 Å². The number of pyridine rings is 2. The molecule has 8 aromatic rings. The second-order valence-electron chi connectivity index (χ2n) is 9.51. The zero-order valence-electron chi connectivity index (χ0n) is 20.4. The third-order valence-electron chi connectivity index (χ3n) is 7.36. The highest BCUT2D eigenvalue weighted by molar-refractivity contribution is 6.11. The van der Waals surface area contributed by atoms with Gasteiger partial charge in [0.05, 0.1) is 16.7 Å². The summed E-state index contributed by atoms with van der Waals surface area (Å²) in [7, 11) is 0. The molecule has 0 aliphatic carbocycles. The topological polar surface area (TPSA) is 43.9 Å². The van der Waals surface area contributed by atoms with Crippen molar-refractivity contribution in [2.24, 2.45) is 0 Å². The fourth-order valence-electron chi connectivity index (χ4n) is 5.59. The van der Waals surface area contributed by atoms with Gasteiger partial charge in [-0.05, 0) is 42.5 Å². The van der Waals surface area contributed by atoms with E-state index in [1.165, 1.54) is 21.8 Å². The van der Waals surface area contributed by atoms with Gasteiger partial charge in [-0.25, -0.2) is 0 Å². The molecule has 0 radical (unpaired) electrons. The average Bonchev–Trinajstić information content (AvgIpc) is 3.53. The molecule has 4 aromatic heterocycles. The average molecular weight is 488 g/mol. The summed E-state index contributed by atoms with van der Waals surface area (Å²) in [6.45, 7) is 0. The minimum absolute atomic E-state index is 0.850. The maximum absolute atomic E-state index is 6.55. The van der Waals surface area contributed by atoms with Gasteiger partial charge >= 0.3 is 0 Å². The summed E-state index contributed by atoms with van der Waals surface area (Å²) in [5.74, 6) is 0. The molecule has 0 aliphatic rings. The zero-order valence-corrected chi connectivity index (χ0v) is 20.4. The number of para-hydroxylation sites is 3. The molecule has 4 nitrogen and oxygen atoms in total. The van der Waals surface area contributed by atoms with E-state index in [2.05, 4.69) is 101 Å². The molecular weight excluding hydrogens is 466 g/mol. The van der Waals surface area contributed by atoms with Crippen molar-refractivity contribution in [2.45, 2.75) is 0 Å². The fourth-order valence-corrected chi connectivity index (χ4v) is 5.59. The first kappa shape index (κ1) is 20.9. The number of furan rings is 1. The summed E-state index contributed by atoms with van der Waals surface area (Å²) < 4.78 is 8.87. The monoisotopic (exact) mass is 487 g/mol. The highest BCUT2D eigenvalue weighted by Crippen LogP contribution is 2.38. The number of benzene rings is 4. The summed E-state index contributed by atoms with van der Waals surface area (Å²) in [5, 5.41) is 4.68. The van der Waals surface area contributed by atoms with E-state index in [4.69, 9.17) is 9.40 Å². The van der Waals surface area contributed by atoms with E-state index in [-0.39, 0.29) is 0 Å². The van der Waals surface area contributed by atoms with Crippen molar-refractivity contribution in [3.8, 4) is 28.1 Å². The van der Waals surface area contributed by atoms with Gasteiger partial charge in [-0.3, -0.25) is 9.97 Å². The Balaban J connectivity index is 1.29. The number of hydrogen-bond donors (Lipinski definition) is 0. The van der Waals surface area contributed by atoms with E-state index in [0.717, 1.165) is 50.0 Å². The van der Waals surface area contributed by atoms with Crippen LogP contribution < -0.4 is 0 Å². The Morgan fingerprint density at radius 2 is 1.34 bits per heavy atom. The zero-order chi connectivity index (χ0) is 25.1. The van der Waals surface area contributed by atoms with Crippen LogP contribution in [-0.4, -0.2) is 14.5 Å². The van der Waals surface area contributed by atoms with Gasteiger partial charge in [0.15, 0.2) is 0 Å². The quantitative estimate of drug-likeness (QED) is 0.250. The predicted octanol–water partition coefficient (Wildman–Crippen LogP) is 8.81. The second-order valence-corrected chi connectivity index (χ2v) is 9.51. The number of nitrogens with zero attached hydrogens (tertiary/aromatic N) is 3. The van der Waals surface area contributed by atoms with Crippen LogP contribution >= 0.6 is 0 Å². The van der Waals surface area contributed by atoms with Crippen LogP contribution in [0.5, 0.6) is 0 Å². The Bertz CT molecular complexity index is 2070. The van der Waals surface area contributed by atoms with E-state index in [1.807, 2.05) is 30.6 Å². The summed E-state index contributed by atoms with van der Waals surface area (Å²) in [6.07, 6.45) is 5.53. The lowest BCUT2D eigenvalue weighted by Gasteiger charge is -2.07. The first-order valence-electron chi connectivity index (χ1n) is 12.7. The normalized spacial score (nSPS) is 11.7. The summed E-state index contributed by atoms with van der Waals surface area (Å²) in [5.41, 5.74) is 9.10. The van der Waals surface area contributed by atoms with E-state index in [0.29, 0.717) is 0 Å². The molecule has 0 saturated carbocycles. The molecule has 0 N–H and O–H groups in total. The molecule has 38 heavy (non-hydrogen) atoms. The molecule has 8 rings (SSSR count). The van der Waals surface area contributed by atoms with Crippen LogP contribution in [0.2, 0.25) is 0 Å². The summed E-state index contributed by atoms with van der Waals surface area (Å²) in [4.78, 5) is 9.00. The van der Waals surface area contributed by atoms with Crippen molar-refractivity contribution in [1.82, 2.24) is 14.5 Å². The van der Waals surface area contributed by atoms with Crippen molar-refractivity contribution in [3.63, 3.8) is 0 Å². The Kier molecular flexibility index (Phi) is 4.49. The van der Waals surface area contributed by atoms with Crippen LogP contribution in [0.3, 0.4) is 0 Å². The van der Waals surface area contributed by atoms with E-state index < -0.39 is 0 Å².